The van der Waals surface area contributed by atoms with Gasteiger partial charge in [0.2, 0.25) is 0 Å². The molecule has 0 saturated carbocycles. The molecule has 0 aliphatic rings. The topological polar surface area (TPSA) is 38.7 Å². The van der Waals surface area contributed by atoms with Crippen LogP contribution in [0, 0.1) is 4.91 Å². The molecule has 0 saturated heterocycles. The van der Waals surface area contributed by atoms with Gasteiger partial charge >= 0.3 is 0 Å². The summed E-state index contributed by atoms with van der Waals surface area (Å²) in [6.07, 6.45) is 0. The van der Waals surface area contributed by atoms with Crippen molar-refractivity contribution in [1.82, 2.24) is 0 Å². The number of hydrogen-bond donors (Lipinski definition) is 0. The van der Waals surface area contributed by atoms with Crippen molar-refractivity contribution < 1.29 is 4.74 Å². The number of nitroso groups, excluding NO2 is 1. The van der Waals surface area contributed by atoms with E-state index in [4.69, 9.17) is 4.74 Å². The van der Waals surface area contributed by atoms with Crippen LogP contribution in [0.2, 0.25) is 0 Å². The Morgan fingerprint density at radius 3 is 2.21 bits per heavy atom. The Bertz CT molecular complexity index is 298. The molecule has 0 unspecified atom stereocenters. The van der Waals surface area contributed by atoms with Crippen molar-refractivity contribution in [2.45, 2.75) is 32.9 Å². The van der Waals surface area contributed by atoms with Crippen LogP contribution in [0.15, 0.2) is 29.4 Å². The minimum Gasteiger partial charge on any atom is -0.488 e. The molecule has 0 aromatic heterocycles. The molecular weight excluding hydrogens is 178 g/mol. The van der Waals surface area contributed by atoms with Gasteiger partial charge in [-0.1, -0.05) is 17.3 Å². The van der Waals surface area contributed by atoms with Gasteiger partial charge in [-0.15, -0.1) is 0 Å². The first-order valence-electron chi connectivity index (χ1n) is 4.58. The second-order valence-electron chi connectivity index (χ2n) is 4.15. The summed E-state index contributed by atoms with van der Waals surface area (Å²) in [5.41, 5.74) is 0.714. The number of ether oxygens (including phenoxy) is 1. The zero-order valence-corrected chi connectivity index (χ0v) is 8.78. The maximum absolute atomic E-state index is 10.0. The van der Waals surface area contributed by atoms with Crippen molar-refractivity contribution in [3.05, 3.63) is 34.7 Å². The number of rotatable bonds is 3. The third-order valence-corrected chi connectivity index (χ3v) is 1.59. The molecule has 76 valence electrons. The molecule has 0 atom stereocenters. The van der Waals surface area contributed by atoms with Crippen molar-refractivity contribution in [3.8, 4) is 5.75 Å². The Morgan fingerprint density at radius 2 is 1.79 bits per heavy atom. The Kier molecular flexibility index (Phi) is 3.23. The van der Waals surface area contributed by atoms with Crippen molar-refractivity contribution >= 4 is 0 Å². The number of hydrogen-bond acceptors (Lipinski definition) is 3. The fourth-order valence-corrected chi connectivity index (χ4v) is 1.09. The van der Waals surface area contributed by atoms with E-state index in [2.05, 4.69) is 5.18 Å². The molecule has 1 aromatic rings. The quantitative estimate of drug-likeness (QED) is 0.692. The lowest BCUT2D eigenvalue weighted by Gasteiger charge is -2.21. The molecule has 3 heteroatoms. The highest BCUT2D eigenvalue weighted by molar-refractivity contribution is 5.27. The zero-order chi connectivity index (χ0) is 10.6. The van der Waals surface area contributed by atoms with Gasteiger partial charge in [0.25, 0.3) is 0 Å². The SMILES string of the molecule is CC(C)(C)Oc1ccc(CN=O)cc1. The highest BCUT2D eigenvalue weighted by atomic mass is 16.5. The van der Waals surface area contributed by atoms with Crippen LogP contribution < -0.4 is 4.74 Å². The minimum absolute atomic E-state index is 0.190. The predicted molar refractivity (Wildman–Crippen MR) is 56.3 cm³/mol. The smallest absolute Gasteiger partial charge is 0.120 e. The molecule has 0 N–H and O–H groups in total. The third-order valence-electron chi connectivity index (χ3n) is 1.59. The first-order valence-corrected chi connectivity index (χ1v) is 4.58. The van der Waals surface area contributed by atoms with E-state index < -0.39 is 0 Å². The molecule has 0 bridgehead atoms. The average Bonchev–Trinajstić information content (AvgIpc) is 2.06. The van der Waals surface area contributed by atoms with Gasteiger partial charge < -0.3 is 4.74 Å². The van der Waals surface area contributed by atoms with Crippen molar-refractivity contribution in [1.29, 1.82) is 0 Å². The van der Waals surface area contributed by atoms with Gasteiger partial charge in [-0.3, -0.25) is 0 Å². The van der Waals surface area contributed by atoms with E-state index in [1.807, 2.05) is 45.0 Å². The van der Waals surface area contributed by atoms with Crippen molar-refractivity contribution in [3.63, 3.8) is 0 Å². The standard InChI is InChI=1S/C11H15NO2/c1-11(2,3)14-10-6-4-9(5-7-10)8-12-13/h4-7H,8H2,1-3H3. The second kappa shape index (κ2) is 4.22. The normalized spacial score (nSPS) is 11.1. The highest BCUT2D eigenvalue weighted by Crippen LogP contribution is 2.18. The molecule has 0 heterocycles. The predicted octanol–water partition coefficient (Wildman–Crippen LogP) is 3.13. The summed E-state index contributed by atoms with van der Waals surface area (Å²) >= 11 is 0. The van der Waals surface area contributed by atoms with Crippen LogP contribution in [-0.4, -0.2) is 5.60 Å². The van der Waals surface area contributed by atoms with Gasteiger partial charge in [-0.05, 0) is 38.5 Å². The molecule has 0 radical (unpaired) electrons. The summed E-state index contributed by atoms with van der Waals surface area (Å²) in [5, 5.41) is 2.82. The van der Waals surface area contributed by atoms with Gasteiger partial charge in [-0.2, -0.15) is 4.91 Å². The zero-order valence-electron chi connectivity index (χ0n) is 8.78. The van der Waals surface area contributed by atoms with E-state index in [1.54, 1.807) is 0 Å². The molecule has 14 heavy (non-hydrogen) atoms. The molecule has 3 nitrogen and oxygen atoms in total. The van der Waals surface area contributed by atoms with Gasteiger partial charge in [0, 0.05) is 0 Å². The highest BCUT2D eigenvalue weighted by Gasteiger charge is 2.11. The summed E-state index contributed by atoms with van der Waals surface area (Å²) in [6.45, 7) is 6.20. The molecule has 1 aromatic carbocycles. The Morgan fingerprint density at radius 1 is 1.21 bits per heavy atom. The van der Waals surface area contributed by atoms with E-state index in [0.29, 0.717) is 0 Å². The van der Waals surface area contributed by atoms with Crippen LogP contribution in [0.3, 0.4) is 0 Å². The fraction of sp³-hybridized carbons (Fsp3) is 0.455. The van der Waals surface area contributed by atoms with Crippen LogP contribution in [0.1, 0.15) is 26.3 Å². The summed E-state index contributed by atoms with van der Waals surface area (Å²) in [7, 11) is 0. The maximum atomic E-state index is 10.0. The van der Waals surface area contributed by atoms with Crippen LogP contribution in [0.25, 0.3) is 0 Å². The van der Waals surface area contributed by atoms with Crippen molar-refractivity contribution in [2.75, 3.05) is 0 Å². The first kappa shape index (κ1) is 10.7. The lowest BCUT2D eigenvalue weighted by molar-refractivity contribution is 0.131. The maximum Gasteiger partial charge on any atom is 0.120 e. The Balaban J connectivity index is 2.68. The lowest BCUT2D eigenvalue weighted by atomic mass is 10.2. The number of benzene rings is 1. The number of nitrogens with zero attached hydrogens (tertiary/aromatic N) is 1. The molecule has 0 fully saturated rings. The van der Waals surface area contributed by atoms with Gasteiger partial charge in [-0.25, -0.2) is 0 Å². The molecule has 0 aliphatic heterocycles. The minimum atomic E-state index is -0.190. The molecular formula is C11H15NO2. The van der Waals surface area contributed by atoms with E-state index in [9.17, 15) is 4.91 Å². The van der Waals surface area contributed by atoms with Crippen LogP contribution in [-0.2, 0) is 6.54 Å². The van der Waals surface area contributed by atoms with Crippen LogP contribution >= 0.6 is 0 Å². The van der Waals surface area contributed by atoms with Gasteiger partial charge in [0.05, 0.1) is 0 Å². The molecule has 0 spiro atoms. The van der Waals surface area contributed by atoms with Gasteiger partial charge in [0.15, 0.2) is 0 Å². The van der Waals surface area contributed by atoms with E-state index in [0.717, 1.165) is 11.3 Å². The van der Waals surface area contributed by atoms with Gasteiger partial charge in [0.1, 0.15) is 17.9 Å². The third kappa shape index (κ3) is 3.56. The largest absolute Gasteiger partial charge is 0.488 e. The van der Waals surface area contributed by atoms with E-state index >= 15 is 0 Å². The molecule has 1 rings (SSSR count). The van der Waals surface area contributed by atoms with E-state index in [-0.39, 0.29) is 12.1 Å². The Labute approximate surface area is 84.1 Å². The first-order chi connectivity index (χ1) is 6.51. The summed E-state index contributed by atoms with van der Waals surface area (Å²) < 4.78 is 5.63. The Hall–Kier alpha value is -1.38. The lowest BCUT2D eigenvalue weighted by Crippen LogP contribution is -2.22. The average molecular weight is 193 g/mol. The molecule has 0 aliphatic carbocycles. The monoisotopic (exact) mass is 193 g/mol. The van der Waals surface area contributed by atoms with Crippen LogP contribution in [0.4, 0.5) is 0 Å². The second-order valence-corrected chi connectivity index (χ2v) is 4.15. The fourth-order valence-electron chi connectivity index (χ4n) is 1.09. The summed E-state index contributed by atoms with van der Waals surface area (Å²) in [4.78, 5) is 10.0. The van der Waals surface area contributed by atoms with Crippen LogP contribution in [0.5, 0.6) is 5.75 Å². The molecule has 0 amide bonds. The summed E-state index contributed by atoms with van der Waals surface area (Å²) in [6, 6.07) is 7.41. The van der Waals surface area contributed by atoms with Crippen molar-refractivity contribution in [2.24, 2.45) is 5.18 Å². The van der Waals surface area contributed by atoms with E-state index in [1.165, 1.54) is 0 Å². The summed E-state index contributed by atoms with van der Waals surface area (Å²) in [5.74, 6) is 0.812.